The van der Waals surface area contributed by atoms with E-state index in [-0.39, 0.29) is 11.3 Å². The first-order chi connectivity index (χ1) is 18.1. The van der Waals surface area contributed by atoms with Gasteiger partial charge in [0, 0.05) is 5.69 Å². The van der Waals surface area contributed by atoms with Crippen LogP contribution < -0.4 is 15.5 Å². The number of unbranched alkanes of at least 4 members (excludes halogenated alkanes) is 1. The maximum atomic E-state index is 13.9. The van der Waals surface area contributed by atoms with Crippen molar-refractivity contribution in [3.8, 4) is 6.19 Å². The van der Waals surface area contributed by atoms with Crippen molar-refractivity contribution in [3.63, 3.8) is 0 Å². The largest absolute Gasteiger partial charge is 0.416 e. The van der Waals surface area contributed by atoms with E-state index in [1.54, 1.807) is 41.3 Å². The van der Waals surface area contributed by atoms with Crippen LogP contribution in [0.1, 0.15) is 39.8 Å². The number of amides is 2. The van der Waals surface area contributed by atoms with Crippen LogP contribution in [0.5, 0.6) is 0 Å². The van der Waals surface area contributed by atoms with Gasteiger partial charge in [-0.2, -0.15) is 5.26 Å². The fourth-order valence-electron chi connectivity index (χ4n) is 3.69. The first kappa shape index (κ1) is 29.3. The number of carbonyl (C=O) groups is 2. The third-order valence-corrected chi connectivity index (χ3v) is 9.54. The smallest absolute Gasteiger partial charge is 0.265 e. The molecule has 1 heterocycles. The predicted molar refractivity (Wildman–Crippen MR) is 154 cm³/mol. The van der Waals surface area contributed by atoms with Crippen LogP contribution in [-0.4, -0.2) is 33.3 Å². The molecule has 0 unspecified atom stereocenters. The van der Waals surface area contributed by atoms with Crippen LogP contribution in [0.4, 0.5) is 21.5 Å². The van der Waals surface area contributed by atoms with Crippen molar-refractivity contribution in [2.75, 3.05) is 28.7 Å². The Morgan fingerprint density at radius 1 is 1.11 bits per heavy atom. The second-order valence-corrected chi connectivity index (χ2v) is 15.2. The van der Waals surface area contributed by atoms with Gasteiger partial charge in [-0.3, -0.25) is 14.5 Å². The van der Waals surface area contributed by atoms with E-state index in [1.807, 2.05) is 0 Å². The summed E-state index contributed by atoms with van der Waals surface area (Å²) >= 11 is 6.97. The zero-order chi connectivity index (χ0) is 27.7. The molecule has 0 atom stereocenters. The minimum Gasteiger partial charge on any atom is -0.416 e. The maximum Gasteiger partial charge on any atom is 0.265 e. The standard InChI is InChI=1S/C27H30ClFN4O3SSi/c1-4-5-16-38(2,3)36-15-14-33(18-30)21-9-7-20(8-10-21)31-26(34)22-11-6-19(29)17-23(22)32-27(35)24-12-13-25(28)37-24/h6-13,17H,4-5,14-16H2,1-3H3,(H,31,34)(H,32,35). The number of nitrogens with one attached hydrogen (secondary N) is 2. The van der Waals surface area contributed by atoms with Gasteiger partial charge in [0.15, 0.2) is 14.5 Å². The third-order valence-electron chi connectivity index (χ3n) is 5.77. The number of halogens is 2. The summed E-state index contributed by atoms with van der Waals surface area (Å²) in [6, 6.07) is 14.6. The maximum absolute atomic E-state index is 13.9. The molecule has 0 fully saturated rings. The average Bonchev–Trinajstić information content (AvgIpc) is 3.32. The Hall–Kier alpha value is -3.23. The monoisotopic (exact) mass is 572 g/mol. The van der Waals surface area contributed by atoms with Crippen molar-refractivity contribution in [2.24, 2.45) is 0 Å². The number of thiophene rings is 1. The van der Waals surface area contributed by atoms with E-state index in [1.165, 1.54) is 6.07 Å². The van der Waals surface area contributed by atoms with Crippen molar-refractivity contribution >= 4 is 60.1 Å². The quantitative estimate of drug-likeness (QED) is 0.134. The number of nitrogens with zero attached hydrogens (tertiary/aromatic N) is 2. The lowest BCUT2D eigenvalue weighted by atomic mass is 10.1. The zero-order valence-electron chi connectivity index (χ0n) is 21.5. The second kappa shape index (κ2) is 13.5. The Morgan fingerprint density at radius 2 is 1.84 bits per heavy atom. The van der Waals surface area contributed by atoms with E-state index in [2.05, 4.69) is 36.8 Å². The van der Waals surface area contributed by atoms with Crippen molar-refractivity contribution in [1.82, 2.24) is 0 Å². The molecule has 0 radical (unpaired) electrons. The van der Waals surface area contributed by atoms with Crippen LogP contribution in [0, 0.1) is 17.3 Å². The fourth-order valence-corrected chi connectivity index (χ4v) is 6.62. The molecule has 200 valence electrons. The van der Waals surface area contributed by atoms with Gasteiger partial charge in [0.1, 0.15) is 5.82 Å². The number of benzene rings is 2. The Morgan fingerprint density at radius 3 is 2.47 bits per heavy atom. The van der Waals surface area contributed by atoms with E-state index >= 15 is 0 Å². The highest BCUT2D eigenvalue weighted by Gasteiger charge is 2.22. The molecule has 2 N–H and O–H groups in total. The predicted octanol–water partition coefficient (Wildman–Crippen LogP) is 7.35. The molecule has 38 heavy (non-hydrogen) atoms. The highest BCUT2D eigenvalue weighted by molar-refractivity contribution is 7.18. The molecular weight excluding hydrogens is 543 g/mol. The van der Waals surface area contributed by atoms with Gasteiger partial charge in [-0.05, 0) is 73.7 Å². The lowest BCUT2D eigenvalue weighted by Crippen LogP contribution is -2.34. The topological polar surface area (TPSA) is 94.5 Å². The summed E-state index contributed by atoms with van der Waals surface area (Å²) in [5, 5.41) is 14.9. The summed E-state index contributed by atoms with van der Waals surface area (Å²) < 4.78 is 20.5. The molecule has 0 aliphatic rings. The molecule has 0 aliphatic carbocycles. The number of hydrogen-bond acceptors (Lipinski definition) is 6. The van der Waals surface area contributed by atoms with Crippen molar-refractivity contribution < 1.29 is 18.4 Å². The molecule has 3 rings (SSSR count). The third kappa shape index (κ3) is 8.39. The van der Waals surface area contributed by atoms with Gasteiger partial charge >= 0.3 is 0 Å². The van der Waals surface area contributed by atoms with Crippen LogP contribution in [-0.2, 0) is 4.43 Å². The van der Waals surface area contributed by atoms with Gasteiger partial charge in [-0.15, -0.1) is 11.3 Å². The van der Waals surface area contributed by atoms with Gasteiger partial charge in [0.25, 0.3) is 11.8 Å². The minimum atomic E-state index is -1.74. The van der Waals surface area contributed by atoms with Crippen LogP contribution >= 0.6 is 22.9 Å². The molecule has 0 saturated heterocycles. The van der Waals surface area contributed by atoms with Gasteiger partial charge in [0.05, 0.1) is 39.3 Å². The summed E-state index contributed by atoms with van der Waals surface area (Å²) in [6.45, 7) is 7.43. The zero-order valence-corrected chi connectivity index (χ0v) is 24.1. The van der Waals surface area contributed by atoms with Gasteiger partial charge in [-0.25, -0.2) is 4.39 Å². The first-order valence-corrected chi connectivity index (χ1v) is 16.5. The van der Waals surface area contributed by atoms with E-state index in [0.717, 1.165) is 42.4 Å². The molecule has 1 aromatic heterocycles. The molecule has 2 amide bonds. The SMILES string of the molecule is CCCC[Si](C)(C)OCCN(C#N)c1ccc(NC(=O)c2ccc(F)cc2NC(=O)c2ccc(Cl)s2)cc1. The molecule has 7 nitrogen and oxygen atoms in total. The second-order valence-electron chi connectivity index (χ2n) is 9.21. The van der Waals surface area contributed by atoms with Crippen LogP contribution in [0.25, 0.3) is 0 Å². The summed E-state index contributed by atoms with van der Waals surface area (Å²) in [5.74, 6) is -1.62. The van der Waals surface area contributed by atoms with E-state index in [9.17, 15) is 19.2 Å². The van der Waals surface area contributed by atoms with Crippen LogP contribution in [0.3, 0.4) is 0 Å². The Labute approximate surface area is 232 Å². The molecule has 11 heteroatoms. The Bertz CT molecular complexity index is 1310. The summed E-state index contributed by atoms with van der Waals surface area (Å²) in [6.07, 6.45) is 4.45. The molecule has 2 aromatic carbocycles. The first-order valence-electron chi connectivity index (χ1n) is 12.2. The van der Waals surface area contributed by atoms with Crippen LogP contribution in [0.15, 0.2) is 54.6 Å². The number of anilines is 3. The van der Waals surface area contributed by atoms with E-state index < -0.39 is 25.9 Å². The average molecular weight is 573 g/mol. The highest BCUT2D eigenvalue weighted by Crippen LogP contribution is 2.25. The summed E-state index contributed by atoms with van der Waals surface area (Å²) in [7, 11) is -1.74. The van der Waals surface area contributed by atoms with Gasteiger partial charge in [-0.1, -0.05) is 31.4 Å². The molecule has 0 spiro atoms. The number of nitriles is 1. The molecule has 0 bridgehead atoms. The van der Waals surface area contributed by atoms with E-state index in [4.69, 9.17) is 16.0 Å². The Kier molecular flexibility index (Phi) is 10.4. The number of hydrogen-bond donors (Lipinski definition) is 2. The normalized spacial score (nSPS) is 11.1. The molecule has 0 saturated carbocycles. The van der Waals surface area contributed by atoms with Gasteiger partial charge < -0.3 is 15.1 Å². The lowest BCUT2D eigenvalue weighted by molar-refractivity contribution is 0.102. The van der Waals surface area contributed by atoms with Gasteiger partial charge in [0.2, 0.25) is 0 Å². The minimum absolute atomic E-state index is 0.0368. The highest BCUT2D eigenvalue weighted by atomic mass is 35.5. The van der Waals surface area contributed by atoms with Crippen molar-refractivity contribution in [1.29, 1.82) is 5.26 Å². The number of carbonyl (C=O) groups excluding carboxylic acids is 2. The molecule has 0 aliphatic heterocycles. The van der Waals surface area contributed by atoms with Crippen LogP contribution in [0.2, 0.25) is 23.5 Å². The summed E-state index contributed by atoms with van der Waals surface area (Å²) in [4.78, 5) is 27.4. The van der Waals surface area contributed by atoms with Crippen molar-refractivity contribution in [2.45, 2.75) is 38.9 Å². The fraction of sp³-hybridized carbons (Fsp3) is 0.296. The summed E-state index contributed by atoms with van der Waals surface area (Å²) in [5.41, 5.74) is 1.28. The van der Waals surface area contributed by atoms with E-state index in [0.29, 0.717) is 33.7 Å². The molecule has 3 aromatic rings. The lowest BCUT2D eigenvalue weighted by Gasteiger charge is -2.24. The number of rotatable bonds is 12. The van der Waals surface area contributed by atoms with Crippen molar-refractivity contribution in [3.05, 3.63) is 75.2 Å². The Balaban J connectivity index is 1.64. The molecular formula is C27H30ClFN4O3SSi.